The Kier molecular flexibility index (Phi) is 7.80. The molecule has 0 aliphatic rings. The molecule has 0 atom stereocenters. The zero-order valence-electron chi connectivity index (χ0n) is 14.0. The third-order valence-corrected chi connectivity index (χ3v) is 4.41. The molecule has 0 radical (unpaired) electrons. The Bertz CT molecular complexity index is 701. The first-order valence-corrected chi connectivity index (χ1v) is 9.40. The number of rotatable bonds is 10. The third kappa shape index (κ3) is 6.63. The van der Waals surface area contributed by atoms with E-state index < -0.39 is 14.9 Å². The number of sulfonamides is 1. The highest BCUT2D eigenvalue weighted by molar-refractivity contribution is 7.89. The highest BCUT2D eigenvalue weighted by Crippen LogP contribution is 2.27. The largest absolute Gasteiger partial charge is 0.295 e. The van der Waals surface area contributed by atoms with Crippen molar-refractivity contribution in [2.24, 2.45) is 10.2 Å². The first kappa shape index (κ1) is 20.0. The second-order valence-corrected chi connectivity index (χ2v) is 7.17. The molecule has 134 valence electrons. The summed E-state index contributed by atoms with van der Waals surface area (Å²) in [4.78, 5) is 10.1. The van der Waals surface area contributed by atoms with E-state index in [1.54, 1.807) is 0 Å². The number of nitro groups is 1. The van der Waals surface area contributed by atoms with E-state index in [0.717, 1.165) is 31.0 Å². The average Bonchev–Trinajstić information content (AvgIpc) is 2.51. The molecule has 24 heavy (non-hydrogen) atoms. The number of primary sulfonamides is 1. The fourth-order valence-electron chi connectivity index (χ4n) is 2.13. The minimum atomic E-state index is -3.99. The van der Waals surface area contributed by atoms with Gasteiger partial charge in [0, 0.05) is 11.8 Å². The number of nitro benzene ring substituents is 1. The maximum atomic E-state index is 11.3. The van der Waals surface area contributed by atoms with E-state index in [9.17, 15) is 18.5 Å². The van der Waals surface area contributed by atoms with Crippen molar-refractivity contribution in [3.8, 4) is 0 Å². The van der Waals surface area contributed by atoms with E-state index in [-0.39, 0.29) is 16.3 Å². The molecule has 0 amide bonds. The molecule has 1 rings (SSSR count). The van der Waals surface area contributed by atoms with Crippen LogP contribution in [0, 0.1) is 10.1 Å². The lowest BCUT2D eigenvalue weighted by atomic mass is 10.1. The van der Waals surface area contributed by atoms with Crippen LogP contribution < -0.4 is 10.6 Å². The Hall–Kier alpha value is -2.00. The summed E-state index contributed by atoms with van der Waals surface area (Å²) in [7, 11) is -3.99. The molecule has 0 aliphatic heterocycles. The van der Waals surface area contributed by atoms with Crippen molar-refractivity contribution < 1.29 is 13.3 Å². The molecule has 3 N–H and O–H groups in total. The molecule has 0 saturated heterocycles. The molecule has 9 heteroatoms. The lowest BCUT2D eigenvalue weighted by molar-refractivity contribution is -0.384. The van der Waals surface area contributed by atoms with Gasteiger partial charge < -0.3 is 0 Å². The van der Waals surface area contributed by atoms with Gasteiger partial charge in [0.2, 0.25) is 10.0 Å². The molecule has 0 spiro atoms. The van der Waals surface area contributed by atoms with Crippen LogP contribution in [0.15, 0.2) is 28.2 Å². The number of hydrazone groups is 1. The summed E-state index contributed by atoms with van der Waals surface area (Å²) in [6.45, 7) is 4.00. The molecule has 0 heterocycles. The summed E-state index contributed by atoms with van der Waals surface area (Å²) >= 11 is 0. The number of benzene rings is 1. The van der Waals surface area contributed by atoms with Crippen molar-refractivity contribution in [2.75, 3.05) is 5.43 Å². The Labute approximate surface area is 142 Å². The Morgan fingerprint density at radius 1 is 1.29 bits per heavy atom. The van der Waals surface area contributed by atoms with Crippen LogP contribution in [0.1, 0.15) is 52.4 Å². The first-order chi connectivity index (χ1) is 11.3. The molecule has 0 bridgehead atoms. The molecule has 1 aromatic carbocycles. The standard InChI is InChI=1S/C15H24N4O4S/c1-3-4-5-6-7-8-12(2)17-18-14-10-9-13(24(16,22)23)11-15(14)19(20)21/h9-11,18H,3-8H2,1-2H3,(H2,16,22,23). The summed E-state index contributed by atoms with van der Waals surface area (Å²) in [5, 5.41) is 20.2. The highest BCUT2D eigenvalue weighted by atomic mass is 32.2. The van der Waals surface area contributed by atoms with Crippen molar-refractivity contribution in [3.05, 3.63) is 28.3 Å². The molecule has 8 nitrogen and oxygen atoms in total. The summed E-state index contributed by atoms with van der Waals surface area (Å²) in [5.41, 5.74) is 3.20. The Balaban J connectivity index is 2.76. The molecule has 0 saturated carbocycles. The van der Waals surface area contributed by atoms with Gasteiger partial charge in [-0.25, -0.2) is 13.6 Å². The second-order valence-electron chi connectivity index (χ2n) is 5.60. The van der Waals surface area contributed by atoms with E-state index in [0.29, 0.717) is 0 Å². The van der Waals surface area contributed by atoms with Gasteiger partial charge >= 0.3 is 0 Å². The van der Waals surface area contributed by atoms with Gasteiger partial charge in [-0.1, -0.05) is 32.6 Å². The minimum absolute atomic E-state index is 0.123. The predicted octanol–water partition coefficient (Wildman–Crippen LogP) is 3.39. The molecule has 0 aromatic heterocycles. The SMILES string of the molecule is CCCCCCCC(C)=NNc1ccc(S(N)(=O)=O)cc1[N+](=O)[O-]. The van der Waals surface area contributed by atoms with Crippen LogP contribution in [0.2, 0.25) is 0 Å². The monoisotopic (exact) mass is 356 g/mol. The van der Waals surface area contributed by atoms with E-state index in [1.165, 1.54) is 31.4 Å². The van der Waals surface area contributed by atoms with Gasteiger partial charge in [-0.15, -0.1) is 0 Å². The maximum absolute atomic E-state index is 11.3. The third-order valence-electron chi connectivity index (χ3n) is 3.50. The molecule has 0 unspecified atom stereocenters. The molecule has 1 aromatic rings. The normalized spacial score (nSPS) is 12.2. The molecule has 0 aliphatic carbocycles. The van der Waals surface area contributed by atoms with Gasteiger partial charge in [0.1, 0.15) is 5.69 Å². The number of hydrogen-bond acceptors (Lipinski definition) is 6. The predicted molar refractivity (Wildman–Crippen MR) is 94.6 cm³/mol. The van der Waals surface area contributed by atoms with Gasteiger partial charge in [-0.05, 0) is 31.9 Å². The number of nitrogens with zero attached hydrogens (tertiary/aromatic N) is 2. The number of unbranched alkanes of at least 4 members (excludes halogenated alkanes) is 4. The molecule has 0 fully saturated rings. The van der Waals surface area contributed by atoms with Crippen LogP contribution in [0.5, 0.6) is 0 Å². The molecular weight excluding hydrogens is 332 g/mol. The number of hydrogen-bond donors (Lipinski definition) is 2. The van der Waals surface area contributed by atoms with Crippen molar-refractivity contribution in [2.45, 2.75) is 57.3 Å². The van der Waals surface area contributed by atoms with Gasteiger partial charge in [-0.2, -0.15) is 5.10 Å². The van der Waals surface area contributed by atoms with Crippen LogP contribution in [-0.4, -0.2) is 19.1 Å². The Morgan fingerprint density at radius 3 is 2.54 bits per heavy atom. The number of anilines is 1. The quantitative estimate of drug-likeness (QED) is 0.287. The summed E-state index contributed by atoms with van der Waals surface area (Å²) in [6, 6.07) is 3.42. The average molecular weight is 356 g/mol. The van der Waals surface area contributed by atoms with Crippen molar-refractivity contribution in [3.63, 3.8) is 0 Å². The maximum Gasteiger partial charge on any atom is 0.295 e. The summed E-state index contributed by atoms with van der Waals surface area (Å²) in [6.07, 6.45) is 6.55. The fraction of sp³-hybridized carbons (Fsp3) is 0.533. The minimum Gasteiger partial charge on any atom is -0.272 e. The highest BCUT2D eigenvalue weighted by Gasteiger charge is 2.18. The summed E-state index contributed by atoms with van der Waals surface area (Å²) in [5.74, 6) is 0. The second kappa shape index (κ2) is 9.33. The van der Waals surface area contributed by atoms with Crippen LogP contribution >= 0.6 is 0 Å². The van der Waals surface area contributed by atoms with E-state index >= 15 is 0 Å². The first-order valence-electron chi connectivity index (χ1n) is 7.86. The lowest BCUT2D eigenvalue weighted by Gasteiger charge is -2.06. The van der Waals surface area contributed by atoms with Gasteiger partial charge in [0.25, 0.3) is 5.69 Å². The Morgan fingerprint density at radius 2 is 1.96 bits per heavy atom. The smallest absolute Gasteiger partial charge is 0.272 e. The van der Waals surface area contributed by atoms with E-state index in [2.05, 4.69) is 17.5 Å². The van der Waals surface area contributed by atoms with Crippen LogP contribution in [-0.2, 0) is 10.0 Å². The lowest BCUT2D eigenvalue weighted by Crippen LogP contribution is -2.12. The van der Waals surface area contributed by atoms with E-state index in [4.69, 9.17) is 5.14 Å². The summed E-state index contributed by atoms with van der Waals surface area (Å²) < 4.78 is 22.6. The van der Waals surface area contributed by atoms with Gasteiger partial charge in [-0.3, -0.25) is 15.5 Å². The molecular formula is C15H24N4O4S. The van der Waals surface area contributed by atoms with Crippen molar-refractivity contribution in [1.29, 1.82) is 0 Å². The van der Waals surface area contributed by atoms with Crippen molar-refractivity contribution >= 4 is 27.1 Å². The van der Waals surface area contributed by atoms with Crippen molar-refractivity contribution in [1.82, 2.24) is 0 Å². The van der Waals surface area contributed by atoms with Crippen LogP contribution in [0.25, 0.3) is 0 Å². The zero-order valence-corrected chi connectivity index (χ0v) is 14.8. The van der Waals surface area contributed by atoms with Crippen LogP contribution in [0.3, 0.4) is 0 Å². The van der Waals surface area contributed by atoms with Gasteiger partial charge in [0.15, 0.2) is 0 Å². The zero-order chi connectivity index (χ0) is 18.2. The van der Waals surface area contributed by atoms with Crippen LogP contribution in [0.4, 0.5) is 11.4 Å². The van der Waals surface area contributed by atoms with Gasteiger partial charge in [0.05, 0.1) is 9.82 Å². The fourth-order valence-corrected chi connectivity index (χ4v) is 2.66. The number of nitrogens with two attached hydrogens (primary N) is 1. The topological polar surface area (TPSA) is 128 Å². The number of nitrogens with one attached hydrogen (secondary N) is 1. The van der Waals surface area contributed by atoms with E-state index in [1.807, 2.05) is 6.92 Å².